The molecule has 108 valence electrons. The summed E-state index contributed by atoms with van der Waals surface area (Å²) in [4.78, 5) is 2.32. The maximum Gasteiger partial charge on any atom is 0.200 e. The van der Waals surface area contributed by atoms with Gasteiger partial charge in [-0.05, 0) is 48.2 Å². The van der Waals surface area contributed by atoms with E-state index in [0.29, 0.717) is 5.56 Å². The Morgan fingerprint density at radius 3 is 2.71 bits per heavy atom. The largest absolute Gasteiger partial charge is 0.504 e. The molecule has 2 aromatic carbocycles. The van der Waals surface area contributed by atoms with Gasteiger partial charge in [-0.15, -0.1) is 0 Å². The van der Waals surface area contributed by atoms with Crippen LogP contribution in [0.25, 0.3) is 11.1 Å². The molecule has 1 aliphatic heterocycles. The number of hydrogen-bond donors (Lipinski definition) is 3. The molecule has 3 N–H and O–H groups in total. The van der Waals surface area contributed by atoms with Crippen molar-refractivity contribution in [2.45, 2.75) is 18.9 Å². The van der Waals surface area contributed by atoms with Gasteiger partial charge in [-0.1, -0.05) is 18.2 Å². The third kappa shape index (κ3) is 1.59. The fraction of sp³-hybridized carbons (Fsp3) is 0.294. The van der Waals surface area contributed by atoms with E-state index in [-0.39, 0.29) is 17.5 Å². The van der Waals surface area contributed by atoms with Crippen molar-refractivity contribution in [3.05, 3.63) is 41.0 Å². The van der Waals surface area contributed by atoms with E-state index in [1.165, 1.54) is 11.1 Å². The quantitative estimate of drug-likeness (QED) is 0.650. The SMILES string of the molecule is CN1CCc2cccc3c2[C@H]1Cc1cc(O)c(O)c(O)c1-3. The van der Waals surface area contributed by atoms with E-state index in [1.807, 2.05) is 12.1 Å². The van der Waals surface area contributed by atoms with Crippen molar-refractivity contribution < 1.29 is 15.3 Å². The molecule has 4 rings (SSSR count). The van der Waals surface area contributed by atoms with Gasteiger partial charge in [0, 0.05) is 18.2 Å². The average molecular weight is 283 g/mol. The smallest absolute Gasteiger partial charge is 0.200 e. The van der Waals surface area contributed by atoms with E-state index in [0.717, 1.165) is 30.5 Å². The first kappa shape index (κ1) is 12.5. The second kappa shape index (κ2) is 4.15. The number of benzene rings is 2. The van der Waals surface area contributed by atoms with Gasteiger partial charge in [0.1, 0.15) is 0 Å². The minimum atomic E-state index is -0.436. The molecular formula is C17H17NO3. The van der Waals surface area contributed by atoms with Gasteiger partial charge in [0.25, 0.3) is 0 Å². The molecule has 2 aliphatic rings. The molecule has 21 heavy (non-hydrogen) atoms. The molecule has 0 amide bonds. The van der Waals surface area contributed by atoms with Crippen molar-refractivity contribution in [3.63, 3.8) is 0 Å². The van der Waals surface area contributed by atoms with Crippen LogP contribution < -0.4 is 0 Å². The maximum atomic E-state index is 10.3. The molecule has 4 heteroatoms. The average Bonchev–Trinajstić information content (AvgIpc) is 2.48. The number of likely N-dealkylation sites (N-methyl/N-ethyl adjacent to an activating group) is 1. The van der Waals surface area contributed by atoms with Crippen LogP contribution in [0.15, 0.2) is 24.3 Å². The Labute approximate surface area is 122 Å². The maximum absolute atomic E-state index is 10.3. The highest BCUT2D eigenvalue weighted by Gasteiger charge is 2.34. The molecule has 1 aliphatic carbocycles. The van der Waals surface area contributed by atoms with Crippen LogP contribution in [0, 0.1) is 0 Å². The molecular weight excluding hydrogens is 266 g/mol. The monoisotopic (exact) mass is 283 g/mol. The molecule has 0 spiro atoms. The topological polar surface area (TPSA) is 63.9 Å². The van der Waals surface area contributed by atoms with E-state index in [9.17, 15) is 15.3 Å². The van der Waals surface area contributed by atoms with Crippen molar-refractivity contribution >= 4 is 0 Å². The van der Waals surface area contributed by atoms with Gasteiger partial charge in [0.2, 0.25) is 5.75 Å². The zero-order valence-electron chi connectivity index (χ0n) is 11.8. The summed E-state index contributed by atoms with van der Waals surface area (Å²) >= 11 is 0. The van der Waals surface area contributed by atoms with Gasteiger partial charge in [-0.25, -0.2) is 0 Å². The Morgan fingerprint density at radius 2 is 1.90 bits per heavy atom. The second-order valence-electron chi connectivity index (χ2n) is 5.96. The van der Waals surface area contributed by atoms with E-state index >= 15 is 0 Å². The Balaban J connectivity index is 2.06. The molecule has 1 atom stereocenters. The van der Waals surface area contributed by atoms with Gasteiger partial charge in [-0.2, -0.15) is 0 Å². The van der Waals surface area contributed by atoms with E-state index in [2.05, 4.69) is 18.0 Å². The van der Waals surface area contributed by atoms with E-state index in [1.54, 1.807) is 6.07 Å². The molecule has 0 saturated heterocycles. The lowest BCUT2D eigenvalue weighted by Crippen LogP contribution is -2.35. The minimum absolute atomic E-state index is 0.218. The first-order valence-electron chi connectivity index (χ1n) is 7.17. The first-order valence-corrected chi connectivity index (χ1v) is 7.17. The highest BCUT2D eigenvalue weighted by Crippen LogP contribution is 2.52. The second-order valence-corrected chi connectivity index (χ2v) is 5.96. The number of hydrogen-bond acceptors (Lipinski definition) is 4. The fourth-order valence-corrected chi connectivity index (χ4v) is 3.74. The van der Waals surface area contributed by atoms with Gasteiger partial charge in [-0.3, -0.25) is 4.90 Å². The number of phenols is 3. The van der Waals surface area contributed by atoms with Crippen LogP contribution in [0.2, 0.25) is 0 Å². The van der Waals surface area contributed by atoms with Crippen LogP contribution in [0.4, 0.5) is 0 Å². The summed E-state index contributed by atoms with van der Waals surface area (Å²) in [6.45, 7) is 1.01. The summed E-state index contributed by atoms with van der Waals surface area (Å²) in [5.74, 6) is -0.914. The summed E-state index contributed by atoms with van der Waals surface area (Å²) < 4.78 is 0. The van der Waals surface area contributed by atoms with Gasteiger partial charge in [0.05, 0.1) is 0 Å². The molecule has 1 heterocycles. The van der Waals surface area contributed by atoms with Crippen LogP contribution in [0.1, 0.15) is 22.7 Å². The minimum Gasteiger partial charge on any atom is -0.504 e. The van der Waals surface area contributed by atoms with E-state index < -0.39 is 5.75 Å². The molecule has 0 fully saturated rings. The lowest BCUT2D eigenvalue weighted by Gasteiger charge is -2.39. The summed E-state index contributed by atoms with van der Waals surface area (Å²) in [6, 6.07) is 7.96. The number of aromatic hydroxyl groups is 3. The van der Waals surface area contributed by atoms with Crippen LogP contribution >= 0.6 is 0 Å². The molecule has 2 aromatic rings. The summed E-state index contributed by atoms with van der Waals surface area (Å²) in [5, 5.41) is 29.9. The first-order chi connectivity index (χ1) is 10.1. The Kier molecular flexibility index (Phi) is 2.48. The predicted molar refractivity (Wildman–Crippen MR) is 79.7 cm³/mol. The number of nitrogens with zero attached hydrogens (tertiary/aromatic N) is 1. The van der Waals surface area contributed by atoms with Gasteiger partial charge < -0.3 is 15.3 Å². The lowest BCUT2D eigenvalue weighted by atomic mass is 9.77. The molecule has 0 unspecified atom stereocenters. The highest BCUT2D eigenvalue weighted by molar-refractivity contribution is 5.83. The summed E-state index contributed by atoms with van der Waals surface area (Å²) in [5.41, 5.74) is 5.07. The number of rotatable bonds is 0. The molecule has 0 bridgehead atoms. The van der Waals surface area contributed by atoms with Crippen molar-refractivity contribution in [3.8, 4) is 28.4 Å². The standard InChI is InChI=1S/C17H17NO3/c1-18-6-5-9-3-2-4-11-14(9)12(18)7-10-8-13(19)16(20)17(21)15(10)11/h2-4,8,12,19-21H,5-7H2,1H3/t12-/m1/s1. The van der Waals surface area contributed by atoms with Crippen molar-refractivity contribution in [2.24, 2.45) is 0 Å². The summed E-state index contributed by atoms with van der Waals surface area (Å²) in [6.07, 6.45) is 1.73. The Bertz CT molecular complexity index is 754. The van der Waals surface area contributed by atoms with Crippen molar-refractivity contribution in [1.29, 1.82) is 0 Å². The number of phenolic OH excluding ortho intramolecular Hbond substituents is 3. The van der Waals surface area contributed by atoms with Crippen LogP contribution in [-0.4, -0.2) is 33.8 Å². The van der Waals surface area contributed by atoms with Crippen LogP contribution in [0.5, 0.6) is 17.2 Å². The molecule has 0 aromatic heterocycles. The van der Waals surface area contributed by atoms with Crippen molar-refractivity contribution in [1.82, 2.24) is 4.90 Å². The normalized spacial score (nSPS) is 20.0. The highest BCUT2D eigenvalue weighted by atomic mass is 16.3. The molecule has 0 radical (unpaired) electrons. The van der Waals surface area contributed by atoms with E-state index in [4.69, 9.17) is 0 Å². The Morgan fingerprint density at radius 1 is 1.10 bits per heavy atom. The lowest BCUT2D eigenvalue weighted by molar-refractivity contribution is 0.227. The Hall–Kier alpha value is -2.20. The fourth-order valence-electron chi connectivity index (χ4n) is 3.74. The number of fused-ring (bicyclic) bond motifs is 2. The summed E-state index contributed by atoms with van der Waals surface area (Å²) in [7, 11) is 2.11. The van der Waals surface area contributed by atoms with Crippen LogP contribution in [0.3, 0.4) is 0 Å². The van der Waals surface area contributed by atoms with Crippen LogP contribution in [-0.2, 0) is 12.8 Å². The van der Waals surface area contributed by atoms with Gasteiger partial charge >= 0.3 is 0 Å². The molecule has 4 nitrogen and oxygen atoms in total. The van der Waals surface area contributed by atoms with Crippen molar-refractivity contribution in [2.75, 3.05) is 13.6 Å². The zero-order valence-corrected chi connectivity index (χ0v) is 11.8. The predicted octanol–water partition coefficient (Wildman–Crippen LogP) is 2.56. The third-order valence-electron chi connectivity index (χ3n) is 4.81. The van der Waals surface area contributed by atoms with Gasteiger partial charge in [0.15, 0.2) is 11.5 Å². The third-order valence-corrected chi connectivity index (χ3v) is 4.81. The molecule has 0 saturated carbocycles. The zero-order chi connectivity index (χ0) is 14.7.